The molecule has 0 aliphatic carbocycles. The van der Waals surface area contributed by atoms with Gasteiger partial charge in [0, 0.05) is 38.3 Å². The molecule has 0 saturated carbocycles. The number of anilines is 1. The molecule has 0 N–H and O–H groups in total. The van der Waals surface area contributed by atoms with Crippen LogP contribution in [0.3, 0.4) is 0 Å². The van der Waals surface area contributed by atoms with Gasteiger partial charge in [-0.05, 0) is 12.0 Å². The average Bonchev–Trinajstić information content (AvgIpc) is 3.08. The summed E-state index contributed by atoms with van der Waals surface area (Å²) in [6, 6.07) is 15.1. The highest BCUT2D eigenvalue weighted by molar-refractivity contribution is 6.09. The van der Waals surface area contributed by atoms with Crippen LogP contribution in [-0.2, 0) is 16.1 Å². The van der Waals surface area contributed by atoms with Gasteiger partial charge < -0.3 is 19.3 Å². The number of hydrogen-bond donors (Lipinski definition) is 0. The molecule has 1 unspecified atom stereocenters. The Morgan fingerprint density at radius 2 is 1.74 bits per heavy atom. The Morgan fingerprint density at radius 1 is 1.11 bits per heavy atom. The SMILES string of the molecule is COc1cc(OC)cc(N2CCC(C(=O)N(C)Cc3ccccc3)C2=O)c1. The number of ether oxygens (including phenoxy) is 2. The summed E-state index contributed by atoms with van der Waals surface area (Å²) in [5, 5.41) is 0. The van der Waals surface area contributed by atoms with E-state index >= 15 is 0 Å². The minimum atomic E-state index is -0.657. The Hall–Kier alpha value is -3.02. The van der Waals surface area contributed by atoms with E-state index in [9.17, 15) is 9.59 Å². The van der Waals surface area contributed by atoms with Crippen LogP contribution in [0.1, 0.15) is 12.0 Å². The molecular formula is C21H24N2O4. The molecule has 6 nitrogen and oxygen atoms in total. The van der Waals surface area contributed by atoms with Gasteiger partial charge in [0.25, 0.3) is 0 Å². The zero-order chi connectivity index (χ0) is 19.4. The number of methoxy groups -OCH3 is 2. The van der Waals surface area contributed by atoms with Crippen LogP contribution in [0.15, 0.2) is 48.5 Å². The fraction of sp³-hybridized carbons (Fsp3) is 0.333. The minimum Gasteiger partial charge on any atom is -0.497 e. The second-order valence-electron chi connectivity index (χ2n) is 6.58. The zero-order valence-electron chi connectivity index (χ0n) is 15.8. The van der Waals surface area contributed by atoms with Crippen LogP contribution >= 0.6 is 0 Å². The number of carbonyl (C=O) groups is 2. The van der Waals surface area contributed by atoms with Crippen molar-refractivity contribution in [3.05, 3.63) is 54.1 Å². The molecule has 1 saturated heterocycles. The van der Waals surface area contributed by atoms with Crippen molar-refractivity contribution in [2.24, 2.45) is 5.92 Å². The first-order valence-corrected chi connectivity index (χ1v) is 8.87. The molecule has 1 aliphatic rings. The van der Waals surface area contributed by atoms with Gasteiger partial charge >= 0.3 is 0 Å². The lowest BCUT2D eigenvalue weighted by atomic mass is 10.1. The molecule has 0 radical (unpaired) electrons. The molecule has 0 aromatic heterocycles. The third-order valence-corrected chi connectivity index (χ3v) is 4.79. The first kappa shape index (κ1) is 18.8. The van der Waals surface area contributed by atoms with Crippen LogP contribution in [0.2, 0.25) is 0 Å². The lowest BCUT2D eigenvalue weighted by Gasteiger charge is -2.22. The van der Waals surface area contributed by atoms with E-state index in [-0.39, 0.29) is 11.8 Å². The van der Waals surface area contributed by atoms with Crippen molar-refractivity contribution in [3.63, 3.8) is 0 Å². The van der Waals surface area contributed by atoms with Crippen LogP contribution < -0.4 is 14.4 Å². The van der Waals surface area contributed by atoms with Crippen molar-refractivity contribution in [1.29, 1.82) is 0 Å². The third-order valence-electron chi connectivity index (χ3n) is 4.79. The van der Waals surface area contributed by atoms with Crippen molar-refractivity contribution in [2.75, 3.05) is 32.7 Å². The van der Waals surface area contributed by atoms with Crippen LogP contribution in [0.5, 0.6) is 11.5 Å². The predicted molar refractivity (Wildman–Crippen MR) is 103 cm³/mol. The fourth-order valence-electron chi connectivity index (χ4n) is 3.31. The maximum Gasteiger partial charge on any atom is 0.239 e. The lowest BCUT2D eigenvalue weighted by Crippen LogP contribution is -2.37. The zero-order valence-corrected chi connectivity index (χ0v) is 15.8. The smallest absolute Gasteiger partial charge is 0.239 e. The Kier molecular flexibility index (Phi) is 5.64. The molecule has 1 atom stereocenters. The maximum atomic E-state index is 12.9. The first-order valence-electron chi connectivity index (χ1n) is 8.87. The van der Waals surface area contributed by atoms with Crippen molar-refractivity contribution < 1.29 is 19.1 Å². The van der Waals surface area contributed by atoms with Crippen LogP contribution in [0.4, 0.5) is 5.69 Å². The second kappa shape index (κ2) is 8.12. The second-order valence-corrected chi connectivity index (χ2v) is 6.58. The number of amides is 2. The quantitative estimate of drug-likeness (QED) is 0.736. The molecule has 0 spiro atoms. The standard InChI is InChI=1S/C21H24N2O4/c1-22(14-15-7-5-4-6-8-15)20(24)19-9-10-23(21(19)25)16-11-17(26-2)13-18(12-16)27-3/h4-8,11-13,19H,9-10,14H2,1-3H3. The molecule has 1 heterocycles. The van der Waals surface area contributed by atoms with Gasteiger partial charge in [-0.3, -0.25) is 9.59 Å². The van der Waals surface area contributed by atoms with Gasteiger partial charge in [0.15, 0.2) is 0 Å². The van der Waals surface area contributed by atoms with E-state index in [4.69, 9.17) is 9.47 Å². The number of nitrogens with zero attached hydrogens (tertiary/aromatic N) is 2. The summed E-state index contributed by atoms with van der Waals surface area (Å²) >= 11 is 0. The largest absolute Gasteiger partial charge is 0.497 e. The Labute approximate surface area is 159 Å². The van der Waals surface area contributed by atoms with E-state index in [1.807, 2.05) is 30.3 Å². The van der Waals surface area contributed by atoms with Crippen molar-refractivity contribution in [2.45, 2.75) is 13.0 Å². The van der Waals surface area contributed by atoms with Crippen LogP contribution in [0.25, 0.3) is 0 Å². The monoisotopic (exact) mass is 368 g/mol. The summed E-state index contributed by atoms with van der Waals surface area (Å²) < 4.78 is 10.6. The van der Waals surface area contributed by atoms with E-state index in [2.05, 4.69) is 0 Å². The third kappa shape index (κ3) is 4.05. The van der Waals surface area contributed by atoms with Gasteiger partial charge in [0.05, 0.1) is 19.9 Å². The van der Waals surface area contributed by atoms with Crippen LogP contribution in [-0.4, -0.2) is 44.5 Å². The number of carbonyl (C=O) groups excluding carboxylic acids is 2. The molecule has 3 rings (SSSR count). The normalized spacial score (nSPS) is 16.3. The highest BCUT2D eigenvalue weighted by atomic mass is 16.5. The molecule has 2 aromatic carbocycles. The summed E-state index contributed by atoms with van der Waals surface area (Å²) in [7, 11) is 4.87. The fourth-order valence-corrected chi connectivity index (χ4v) is 3.31. The Bertz CT molecular complexity index is 800. The van der Waals surface area contributed by atoms with E-state index in [1.165, 1.54) is 0 Å². The molecule has 2 aromatic rings. The average molecular weight is 368 g/mol. The molecule has 1 aliphatic heterocycles. The summed E-state index contributed by atoms with van der Waals surface area (Å²) in [6.07, 6.45) is 0.496. The van der Waals surface area contributed by atoms with Gasteiger partial charge in [-0.25, -0.2) is 0 Å². The van der Waals surface area contributed by atoms with Gasteiger partial charge in [-0.1, -0.05) is 30.3 Å². The predicted octanol–water partition coefficient (Wildman–Crippen LogP) is 2.72. The topological polar surface area (TPSA) is 59.1 Å². The van der Waals surface area contributed by atoms with E-state index in [0.717, 1.165) is 5.56 Å². The summed E-state index contributed by atoms with van der Waals surface area (Å²) in [5.74, 6) is 0.216. The summed E-state index contributed by atoms with van der Waals surface area (Å²) in [4.78, 5) is 29.0. The Morgan fingerprint density at radius 3 is 2.33 bits per heavy atom. The van der Waals surface area contributed by atoms with Crippen LogP contribution in [0, 0.1) is 5.92 Å². The van der Waals surface area contributed by atoms with Gasteiger partial charge in [-0.15, -0.1) is 0 Å². The molecular weight excluding hydrogens is 344 g/mol. The Balaban J connectivity index is 1.73. The molecule has 142 valence electrons. The van der Waals surface area contributed by atoms with Gasteiger partial charge in [0.1, 0.15) is 17.4 Å². The molecule has 0 bridgehead atoms. The highest BCUT2D eigenvalue weighted by Gasteiger charge is 2.39. The summed E-state index contributed by atoms with van der Waals surface area (Å²) in [6.45, 7) is 0.973. The number of rotatable bonds is 6. The van der Waals surface area contributed by atoms with Gasteiger partial charge in [-0.2, -0.15) is 0 Å². The van der Waals surface area contributed by atoms with Crippen molar-refractivity contribution in [3.8, 4) is 11.5 Å². The highest BCUT2D eigenvalue weighted by Crippen LogP contribution is 2.32. The first-order chi connectivity index (χ1) is 13.0. The molecule has 27 heavy (non-hydrogen) atoms. The number of hydrogen-bond acceptors (Lipinski definition) is 4. The molecule has 6 heteroatoms. The maximum absolute atomic E-state index is 12.9. The summed E-state index contributed by atoms with van der Waals surface area (Å²) in [5.41, 5.74) is 1.71. The van der Waals surface area contributed by atoms with Crippen molar-refractivity contribution in [1.82, 2.24) is 4.90 Å². The molecule has 1 fully saturated rings. The van der Waals surface area contributed by atoms with E-state index < -0.39 is 5.92 Å². The minimum absolute atomic E-state index is 0.152. The number of benzene rings is 2. The van der Waals surface area contributed by atoms with E-state index in [1.54, 1.807) is 49.3 Å². The van der Waals surface area contributed by atoms with Crippen molar-refractivity contribution >= 4 is 17.5 Å². The molecule has 2 amide bonds. The van der Waals surface area contributed by atoms with Gasteiger partial charge in [0.2, 0.25) is 11.8 Å². The van der Waals surface area contributed by atoms with E-state index in [0.29, 0.717) is 36.7 Å². The lowest BCUT2D eigenvalue weighted by molar-refractivity contribution is -0.139.